The van der Waals surface area contributed by atoms with E-state index in [0.717, 1.165) is 50.1 Å². The molecule has 0 saturated heterocycles. The predicted molar refractivity (Wildman–Crippen MR) is 111 cm³/mol. The van der Waals surface area contributed by atoms with Crippen LogP contribution < -0.4 is 5.56 Å². The standard InChI is InChI=1S/C23H22N4O/c24-16-17-5-7-18(8-6-17)19-9-13-27(14-10-19)12-2-3-20-15-22-21(23(28)26-20)4-1-11-25-22/h1,4-9,11,15H,2-3,10,12-14H2,(H,26,28). The van der Waals surface area contributed by atoms with Gasteiger partial charge in [0, 0.05) is 25.0 Å². The Labute approximate surface area is 164 Å². The van der Waals surface area contributed by atoms with Crippen molar-refractivity contribution in [1.82, 2.24) is 14.9 Å². The third-order valence-electron chi connectivity index (χ3n) is 5.27. The van der Waals surface area contributed by atoms with Gasteiger partial charge >= 0.3 is 0 Å². The highest BCUT2D eigenvalue weighted by atomic mass is 16.1. The molecule has 28 heavy (non-hydrogen) atoms. The van der Waals surface area contributed by atoms with E-state index < -0.39 is 0 Å². The van der Waals surface area contributed by atoms with Crippen molar-refractivity contribution in [2.75, 3.05) is 19.6 Å². The average Bonchev–Trinajstić information content (AvgIpc) is 2.74. The molecule has 0 radical (unpaired) electrons. The molecule has 0 unspecified atom stereocenters. The fourth-order valence-electron chi connectivity index (χ4n) is 3.70. The van der Waals surface area contributed by atoms with Gasteiger partial charge in [-0.3, -0.25) is 14.7 Å². The van der Waals surface area contributed by atoms with Crippen molar-refractivity contribution in [3.63, 3.8) is 0 Å². The van der Waals surface area contributed by atoms with Crippen molar-refractivity contribution < 1.29 is 0 Å². The number of rotatable bonds is 5. The van der Waals surface area contributed by atoms with E-state index in [1.54, 1.807) is 18.3 Å². The quantitative estimate of drug-likeness (QED) is 0.746. The second-order valence-electron chi connectivity index (χ2n) is 7.13. The fourth-order valence-corrected chi connectivity index (χ4v) is 3.70. The Morgan fingerprint density at radius 3 is 2.82 bits per heavy atom. The minimum absolute atomic E-state index is 0.0615. The SMILES string of the molecule is N#Cc1ccc(C2=CCN(CCCc3cc4ncccc4c(=O)[nH]3)CC2)cc1. The Bertz CT molecular complexity index is 1110. The zero-order valence-electron chi connectivity index (χ0n) is 15.7. The van der Waals surface area contributed by atoms with E-state index in [4.69, 9.17) is 5.26 Å². The van der Waals surface area contributed by atoms with Gasteiger partial charge in [-0.05, 0) is 67.3 Å². The third-order valence-corrected chi connectivity index (χ3v) is 5.27. The number of aromatic nitrogens is 2. The smallest absolute Gasteiger partial charge is 0.257 e. The second kappa shape index (κ2) is 8.20. The van der Waals surface area contributed by atoms with Crippen molar-refractivity contribution in [2.24, 2.45) is 0 Å². The van der Waals surface area contributed by atoms with Gasteiger partial charge in [-0.2, -0.15) is 5.26 Å². The summed E-state index contributed by atoms with van der Waals surface area (Å²) in [5, 5.41) is 9.55. The first-order valence-electron chi connectivity index (χ1n) is 9.62. The summed E-state index contributed by atoms with van der Waals surface area (Å²) < 4.78 is 0. The van der Waals surface area contributed by atoms with Crippen LogP contribution in [-0.2, 0) is 6.42 Å². The third kappa shape index (κ3) is 4.03. The Kier molecular flexibility index (Phi) is 5.31. The molecule has 0 amide bonds. The van der Waals surface area contributed by atoms with Gasteiger partial charge in [0.2, 0.25) is 0 Å². The first kappa shape index (κ1) is 18.1. The molecule has 5 heteroatoms. The number of aryl methyl sites for hydroxylation is 1. The molecule has 4 rings (SSSR count). The first-order chi connectivity index (χ1) is 13.7. The lowest BCUT2D eigenvalue weighted by atomic mass is 9.98. The molecule has 1 aromatic carbocycles. The Hall–Kier alpha value is -3.23. The highest BCUT2D eigenvalue weighted by Gasteiger charge is 2.13. The highest BCUT2D eigenvalue weighted by Crippen LogP contribution is 2.22. The minimum atomic E-state index is -0.0615. The van der Waals surface area contributed by atoms with Crippen molar-refractivity contribution in [2.45, 2.75) is 19.3 Å². The van der Waals surface area contributed by atoms with Crippen LogP contribution in [0.3, 0.4) is 0 Å². The first-order valence-corrected chi connectivity index (χ1v) is 9.62. The lowest BCUT2D eigenvalue weighted by Gasteiger charge is -2.26. The van der Waals surface area contributed by atoms with Crippen LogP contribution in [0.15, 0.2) is 59.5 Å². The van der Waals surface area contributed by atoms with E-state index in [2.05, 4.69) is 27.0 Å². The number of nitriles is 1. The van der Waals surface area contributed by atoms with Gasteiger partial charge in [0.1, 0.15) is 0 Å². The monoisotopic (exact) mass is 370 g/mol. The van der Waals surface area contributed by atoms with Crippen LogP contribution in [0.1, 0.15) is 29.7 Å². The number of aromatic amines is 1. The minimum Gasteiger partial charge on any atom is -0.326 e. The maximum absolute atomic E-state index is 12.1. The number of pyridine rings is 2. The van der Waals surface area contributed by atoms with Gasteiger partial charge in [0.25, 0.3) is 5.56 Å². The molecule has 1 aliphatic rings. The summed E-state index contributed by atoms with van der Waals surface area (Å²) in [6.07, 6.45) is 6.85. The molecular weight excluding hydrogens is 348 g/mol. The van der Waals surface area contributed by atoms with E-state index >= 15 is 0 Å². The van der Waals surface area contributed by atoms with Gasteiger partial charge in [-0.1, -0.05) is 18.2 Å². The van der Waals surface area contributed by atoms with Crippen LogP contribution >= 0.6 is 0 Å². The van der Waals surface area contributed by atoms with Gasteiger partial charge in [-0.25, -0.2) is 0 Å². The van der Waals surface area contributed by atoms with E-state index in [1.165, 1.54) is 11.1 Å². The molecule has 5 nitrogen and oxygen atoms in total. The molecule has 2 aromatic heterocycles. The fraction of sp³-hybridized carbons (Fsp3) is 0.261. The van der Waals surface area contributed by atoms with E-state index in [9.17, 15) is 4.79 Å². The average molecular weight is 370 g/mol. The van der Waals surface area contributed by atoms with Gasteiger partial charge < -0.3 is 4.98 Å². The summed E-state index contributed by atoms with van der Waals surface area (Å²) >= 11 is 0. The maximum Gasteiger partial charge on any atom is 0.257 e. The number of H-pyrrole nitrogens is 1. The number of benzene rings is 1. The number of nitrogens with one attached hydrogen (secondary N) is 1. The van der Waals surface area contributed by atoms with Crippen LogP contribution in [0.4, 0.5) is 0 Å². The van der Waals surface area contributed by atoms with Crippen molar-refractivity contribution in [3.8, 4) is 6.07 Å². The van der Waals surface area contributed by atoms with Crippen LogP contribution in [0.25, 0.3) is 16.5 Å². The molecule has 3 aromatic rings. The Balaban J connectivity index is 1.32. The largest absolute Gasteiger partial charge is 0.326 e. The maximum atomic E-state index is 12.1. The van der Waals surface area contributed by atoms with E-state index in [-0.39, 0.29) is 5.56 Å². The Morgan fingerprint density at radius 2 is 2.07 bits per heavy atom. The summed E-state index contributed by atoms with van der Waals surface area (Å²) in [7, 11) is 0. The van der Waals surface area contributed by atoms with Crippen LogP contribution in [0, 0.1) is 11.3 Å². The second-order valence-corrected chi connectivity index (χ2v) is 7.13. The number of hydrogen-bond acceptors (Lipinski definition) is 4. The number of hydrogen-bond donors (Lipinski definition) is 1. The predicted octanol–water partition coefficient (Wildman–Crippen LogP) is 3.52. The normalized spacial score (nSPS) is 14.6. The molecule has 3 heterocycles. The van der Waals surface area contributed by atoms with Crippen LogP contribution in [-0.4, -0.2) is 34.5 Å². The molecule has 0 fully saturated rings. The molecule has 0 aliphatic carbocycles. The summed E-state index contributed by atoms with van der Waals surface area (Å²) in [4.78, 5) is 21.8. The highest BCUT2D eigenvalue weighted by molar-refractivity contribution is 5.77. The summed E-state index contributed by atoms with van der Waals surface area (Å²) in [6.45, 7) is 2.96. The van der Waals surface area contributed by atoms with Crippen molar-refractivity contribution in [3.05, 3.63) is 81.9 Å². The molecular formula is C23H22N4O. The molecule has 0 saturated carbocycles. The molecule has 0 spiro atoms. The Morgan fingerprint density at radius 1 is 1.21 bits per heavy atom. The zero-order chi connectivity index (χ0) is 19.3. The van der Waals surface area contributed by atoms with Crippen molar-refractivity contribution in [1.29, 1.82) is 5.26 Å². The van der Waals surface area contributed by atoms with Gasteiger partial charge in [0.15, 0.2) is 0 Å². The molecule has 0 bridgehead atoms. The molecule has 1 N–H and O–H groups in total. The zero-order valence-corrected chi connectivity index (χ0v) is 15.7. The molecule has 140 valence electrons. The number of fused-ring (bicyclic) bond motifs is 1. The molecule has 0 atom stereocenters. The topological polar surface area (TPSA) is 72.8 Å². The van der Waals surface area contributed by atoms with E-state index in [1.807, 2.05) is 30.3 Å². The number of nitrogens with zero attached hydrogens (tertiary/aromatic N) is 3. The summed E-state index contributed by atoms with van der Waals surface area (Å²) in [5.74, 6) is 0. The van der Waals surface area contributed by atoms with Gasteiger partial charge in [0.05, 0.1) is 22.5 Å². The summed E-state index contributed by atoms with van der Waals surface area (Å²) in [5.41, 5.74) is 4.90. The van der Waals surface area contributed by atoms with E-state index in [0.29, 0.717) is 10.9 Å². The lowest BCUT2D eigenvalue weighted by molar-refractivity contribution is 0.297. The van der Waals surface area contributed by atoms with Gasteiger partial charge in [-0.15, -0.1) is 0 Å². The van der Waals surface area contributed by atoms with Crippen LogP contribution in [0.2, 0.25) is 0 Å². The van der Waals surface area contributed by atoms with Crippen LogP contribution in [0.5, 0.6) is 0 Å². The lowest BCUT2D eigenvalue weighted by Crippen LogP contribution is -2.29. The molecule has 1 aliphatic heterocycles. The summed E-state index contributed by atoms with van der Waals surface area (Å²) in [6, 6.07) is 15.5. The van der Waals surface area contributed by atoms with Crippen molar-refractivity contribution >= 4 is 16.5 Å².